The number of piperidine rings is 1. The number of nitrogens with one attached hydrogen (secondary N) is 1. The van der Waals surface area contributed by atoms with Crippen molar-refractivity contribution in [3.63, 3.8) is 0 Å². The lowest BCUT2D eigenvalue weighted by Gasteiger charge is -2.26. The van der Waals surface area contributed by atoms with Crippen LogP contribution in [0, 0.1) is 0 Å². The summed E-state index contributed by atoms with van der Waals surface area (Å²) in [5.74, 6) is 0. The van der Waals surface area contributed by atoms with E-state index in [1.807, 2.05) is 29.5 Å². The molecule has 5 rings (SSSR count). The predicted molar refractivity (Wildman–Crippen MR) is 107 cm³/mol. The second kappa shape index (κ2) is 5.97. The number of hydrogen-bond acceptors (Lipinski definition) is 3. The van der Waals surface area contributed by atoms with E-state index in [9.17, 15) is 4.79 Å². The van der Waals surface area contributed by atoms with Crippen LogP contribution in [0.2, 0.25) is 0 Å². The number of benzene rings is 2. The fourth-order valence-corrected chi connectivity index (χ4v) is 5.33. The molecule has 0 radical (unpaired) electrons. The first kappa shape index (κ1) is 15.1. The maximum atomic E-state index is 12.5. The van der Waals surface area contributed by atoms with Crippen molar-refractivity contribution >= 4 is 42.4 Å². The van der Waals surface area contributed by atoms with Gasteiger partial charge >= 0.3 is 0 Å². The molecule has 4 heteroatoms. The molecule has 0 aliphatic carbocycles. The van der Waals surface area contributed by atoms with Crippen molar-refractivity contribution in [1.29, 1.82) is 0 Å². The second-order valence-corrected chi connectivity index (χ2v) is 7.96. The van der Waals surface area contributed by atoms with Gasteiger partial charge in [0.2, 0.25) is 0 Å². The van der Waals surface area contributed by atoms with Crippen LogP contribution >= 0.6 is 11.3 Å². The standard InChI is InChI=1S/C21H20N2OS/c24-21-16-9-3-2-8-15(16)20-18(22-21)17-10-6-7-14(19(17)25-20)13-23-11-4-1-5-12-23/h2-3,6-10H,1,4-5,11-13H2,(H,22,24). The largest absolute Gasteiger partial charge is 0.320 e. The summed E-state index contributed by atoms with van der Waals surface area (Å²) in [6.45, 7) is 3.40. The Morgan fingerprint density at radius 2 is 1.64 bits per heavy atom. The molecule has 0 spiro atoms. The van der Waals surface area contributed by atoms with Gasteiger partial charge in [0.15, 0.2) is 0 Å². The Hall–Kier alpha value is -2.17. The van der Waals surface area contributed by atoms with E-state index >= 15 is 0 Å². The smallest absolute Gasteiger partial charge is 0.256 e. The van der Waals surface area contributed by atoms with Crippen molar-refractivity contribution < 1.29 is 0 Å². The van der Waals surface area contributed by atoms with Crippen molar-refractivity contribution in [2.24, 2.45) is 0 Å². The van der Waals surface area contributed by atoms with E-state index in [-0.39, 0.29) is 5.56 Å². The molecular weight excluding hydrogens is 328 g/mol. The van der Waals surface area contributed by atoms with Crippen molar-refractivity contribution in [2.45, 2.75) is 25.8 Å². The zero-order valence-electron chi connectivity index (χ0n) is 14.0. The van der Waals surface area contributed by atoms with Crippen LogP contribution in [0.15, 0.2) is 47.3 Å². The molecule has 25 heavy (non-hydrogen) atoms. The minimum absolute atomic E-state index is 0.00392. The number of rotatable bonds is 2. The summed E-state index contributed by atoms with van der Waals surface area (Å²) in [5, 5.41) is 3.02. The van der Waals surface area contributed by atoms with Crippen LogP contribution in [0.3, 0.4) is 0 Å². The first-order valence-corrected chi connectivity index (χ1v) is 9.80. The second-order valence-electron chi connectivity index (χ2n) is 6.94. The van der Waals surface area contributed by atoms with Crippen LogP contribution < -0.4 is 5.56 Å². The van der Waals surface area contributed by atoms with Gasteiger partial charge < -0.3 is 4.98 Å². The number of nitrogens with zero attached hydrogens (tertiary/aromatic N) is 1. The van der Waals surface area contributed by atoms with Crippen LogP contribution in [0.4, 0.5) is 0 Å². The Morgan fingerprint density at radius 1 is 0.880 bits per heavy atom. The van der Waals surface area contributed by atoms with Crippen molar-refractivity contribution in [3.05, 3.63) is 58.4 Å². The van der Waals surface area contributed by atoms with Gasteiger partial charge in [0.25, 0.3) is 5.56 Å². The molecule has 1 N–H and O–H groups in total. The van der Waals surface area contributed by atoms with E-state index in [1.54, 1.807) is 0 Å². The van der Waals surface area contributed by atoms with Gasteiger partial charge in [0, 0.05) is 27.4 Å². The molecule has 0 atom stereocenters. The van der Waals surface area contributed by atoms with Gasteiger partial charge in [-0.3, -0.25) is 9.69 Å². The van der Waals surface area contributed by atoms with Gasteiger partial charge in [-0.15, -0.1) is 11.3 Å². The van der Waals surface area contributed by atoms with Gasteiger partial charge in [-0.2, -0.15) is 0 Å². The van der Waals surface area contributed by atoms with Gasteiger partial charge in [0.1, 0.15) is 0 Å². The van der Waals surface area contributed by atoms with Gasteiger partial charge in [0.05, 0.1) is 10.2 Å². The summed E-state index contributed by atoms with van der Waals surface area (Å²) in [4.78, 5) is 18.2. The molecule has 0 unspecified atom stereocenters. The number of hydrogen-bond donors (Lipinski definition) is 1. The number of pyridine rings is 1. The van der Waals surface area contributed by atoms with Crippen molar-refractivity contribution in [1.82, 2.24) is 9.88 Å². The number of fused-ring (bicyclic) bond motifs is 5. The lowest BCUT2D eigenvalue weighted by Crippen LogP contribution is -2.29. The fourth-order valence-electron chi connectivity index (χ4n) is 4.03. The quantitative estimate of drug-likeness (QED) is 0.560. The average Bonchev–Trinajstić information content (AvgIpc) is 3.03. The van der Waals surface area contributed by atoms with Gasteiger partial charge in [-0.25, -0.2) is 0 Å². The van der Waals surface area contributed by atoms with E-state index in [0.29, 0.717) is 0 Å². The Morgan fingerprint density at radius 3 is 2.48 bits per heavy atom. The third-order valence-electron chi connectivity index (χ3n) is 5.29. The van der Waals surface area contributed by atoms with E-state index < -0.39 is 0 Å². The van der Waals surface area contributed by atoms with Gasteiger partial charge in [-0.1, -0.05) is 42.8 Å². The Kier molecular flexibility index (Phi) is 3.61. The minimum Gasteiger partial charge on any atom is -0.320 e. The highest BCUT2D eigenvalue weighted by Crippen LogP contribution is 2.38. The van der Waals surface area contributed by atoms with E-state index in [1.165, 1.54) is 52.7 Å². The zero-order chi connectivity index (χ0) is 16.8. The molecule has 1 fully saturated rings. The van der Waals surface area contributed by atoms with Crippen LogP contribution in [0.1, 0.15) is 24.8 Å². The molecule has 0 amide bonds. The normalized spacial score (nSPS) is 16.2. The highest BCUT2D eigenvalue weighted by atomic mass is 32.1. The highest BCUT2D eigenvalue weighted by molar-refractivity contribution is 7.26. The summed E-state index contributed by atoms with van der Waals surface area (Å²) in [6, 6.07) is 14.4. The molecule has 2 aromatic heterocycles. The topological polar surface area (TPSA) is 36.1 Å². The zero-order valence-corrected chi connectivity index (χ0v) is 14.9. The molecular formula is C21H20N2OS. The number of likely N-dealkylation sites (tertiary alicyclic amines) is 1. The molecule has 1 saturated heterocycles. The third kappa shape index (κ3) is 2.48. The van der Waals surface area contributed by atoms with Crippen LogP contribution in [-0.2, 0) is 6.54 Å². The molecule has 3 nitrogen and oxygen atoms in total. The lowest BCUT2D eigenvalue weighted by atomic mass is 10.1. The fraction of sp³-hybridized carbons (Fsp3) is 0.286. The van der Waals surface area contributed by atoms with E-state index in [2.05, 4.69) is 34.1 Å². The predicted octanol–water partition coefficient (Wildman–Crippen LogP) is 4.88. The SMILES string of the molecule is O=c1[nH]c2c3cccc(CN4CCCCC4)c3sc2c2ccccc12. The number of aromatic amines is 1. The lowest BCUT2D eigenvalue weighted by molar-refractivity contribution is 0.221. The van der Waals surface area contributed by atoms with Crippen molar-refractivity contribution in [3.8, 4) is 0 Å². The molecule has 0 bridgehead atoms. The Bertz CT molecular complexity index is 1140. The summed E-state index contributed by atoms with van der Waals surface area (Å²) in [5.41, 5.74) is 2.37. The van der Waals surface area contributed by atoms with Crippen LogP contribution in [0.25, 0.3) is 31.1 Å². The summed E-state index contributed by atoms with van der Waals surface area (Å²) in [6.07, 6.45) is 3.97. The molecule has 1 aliphatic rings. The highest BCUT2D eigenvalue weighted by Gasteiger charge is 2.16. The van der Waals surface area contributed by atoms with Crippen LogP contribution in [0.5, 0.6) is 0 Å². The van der Waals surface area contributed by atoms with Crippen LogP contribution in [-0.4, -0.2) is 23.0 Å². The average molecular weight is 348 g/mol. The maximum Gasteiger partial charge on any atom is 0.256 e. The number of aromatic nitrogens is 1. The first-order valence-electron chi connectivity index (χ1n) is 8.99. The van der Waals surface area contributed by atoms with E-state index in [4.69, 9.17) is 0 Å². The maximum absolute atomic E-state index is 12.5. The molecule has 4 aromatic rings. The van der Waals surface area contributed by atoms with E-state index in [0.717, 1.165) is 22.8 Å². The molecule has 3 heterocycles. The number of thiophene rings is 1. The molecule has 0 saturated carbocycles. The molecule has 126 valence electrons. The summed E-state index contributed by atoms with van der Waals surface area (Å²) >= 11 is 1.82. The molecule has 1 aliphatic heterocycles. The first-order chi connectivity index (χ1) is 12.3. The molecule has 2 aromatic carbocycles. The monoisotopic (exact) mass is 348 g/mol. The summed E-state index contributed by atoms with van der Waals surface area (Å²) < 4.78 is 2.51. The summed E-state index contributed by atoms with van der Waals surface area (Å²) in [7, 11) is 0. The number of H-pyrrole nitrogens is 1. The minimum atomic E-state index is 0.00392. The van der Waals surface area contributed by atoms with Gasteiger partial charge in [-0.05, 0) is 37.6 Å². The third-order valence-corrected chi connectivity index (χ3v) is 6.61. The Balaban J connectivity index is 1.74. The Labute approximate surface area is 149 Å². The van der Waals surface area contributed by atoms with Crippen molar-refractivity contribution in [2.75, 3.05) is 13.1 Å².